The summed E-state index contributed by atoms with van der Waals surface area (Å²) < 4.78 is 0. The fraction of sp³-hybridized carbons (Fsp3) is 0.750. The first kappa shape index (κ1) is 17.2. The van der Waals surface area contributed by atoms with Crippen LogP contribution in [0.4, 0.5) is 0 Å². The van der Waals surface area contributed by atoms with Crippen LogP contribution in [0, 0.1) is 6.92 Å². The van der Waals surface area contributed by atoms with Crippen molar-refractivity contribution in [3.05, 3.63) is 16.1 Å². The summed E-state index contributed by atoms with van der Waals surface area (Å²) in [6.45, 7) is 9.58. The van der Waals surface area contributed by atoms with Crippen LogP contribution < -0.4 is 10.6 Å². The highest BCUT2D eigenvalue weighted by Gasteiger charge is 2.22. The molecule has 0 bridgehead atoms. The van der Waals surface area contributed by atoms with Crippen LogP contribution in [-0.2, 0) is 6.54 Å². The molecule has 0 spiro atoms. The summed E-state index contributed by atoms with van der Waals surface area (Å²) in [6.07, 6.45) is 5.93. The number of hydrogen-bond acceptors (Lipinski definition) is 4. The lowest BCUT2D eigenvalue weighted by atomic mass is 10.0. The number of likely N-dealkylation sites (tertiary alicyclic amines) is 1. The summed E-state index contributed by atoms with van der Waals surface area (Å²) in [5.74, 6) is 0.851. The molecule has 124 valence electrons. The van der Waals surface area contributed by atoms with E-state index in [2.05, 4.69) is 46.3 Å². The third kappa shape index (κ3) is 4.95. The van der Waals surface area contributed by atoms with Gasteiger partial charge in [-0.2, -0.15) is 0 Å². The second kappa shape index (κ2) is 8.48. The maximum atomic E-state index is 4.37. The second-order valence-electron chi connectivity index (χ2n) is 6.10. The quantitative estimate of drug-likeness (QED) is 0.645. The van der Waals surface area contributed by atoms with Crippen molar-refractivity contribution in [2.45, 2.75) is 58.7 Å². The Morgan fingerprint density at radius 3 is 2.95 bits per heavy atom. The van der Waals surface area contributed by atoms with Crippen molar-refractivity contribution in [2.75, 3.05) is 20.1 Å². The van der Waals surface area contributed by atoms with Gasteiger partial charge < -0.3 is 10.6 Å². The molecule has 0 amide bonds. The van der Waals surface area contributed by atoms with Crippen LogP contribution in [-0.4, -0.2) is 48.1 Å². The van der Waals surface area contributed by atoms with Crippen LogP contribution in [0.3, 0.4) is 0 Å². The van der Waals surface area contributed by atoms with E-state index in [0.29, 0.717) is 12.1 Å². The molecule has 2 rings (SSSR count). The number of guanidine groups is 1. The van der Waals surface area contributed by atoms with Crippen molar-refractivity contribution in [2.24, 2.45) is 4.99 Å². The predicted octanol–water partition coefficient (Wildman–Crippen LogP) is 2.38. The highest BCUT2D eigenvalue weighted by molar-refractivity contribution is 7.11. The molecule has 0 aromatic carbocycles. The first-order valence-corrected chi connectivity index (χ1v) is 9.03. The van der Waals surface area contributed by atoms with Crippen LogP contribution in [0.2, 0.25) is 0 Å². The fourth-order valence-electron chi connectivity index (χ4n) is 3.00. The Kier molecular flexibility index (Phi) is 6.64. The molecular formula is C16H29N5S. The topological polar surface area (TPSA) is 52.6 Å². The van der Waals surface area contributed by atoms with Gasteiger partial charge >= 0.3 is 0 Å². The number of aryl methyl sites for hydroxylation is 1. The van der Waals surface area contributed by atoms with Crippen molar-refractivity contribution in [1.82, 2.24) is 20.5 Å². The van der Waals surface area contributed by atoms with E-state index in [-0.39, 0.29) is 0 Å². The summed E-state index contributed by atoms with van der Waals surface area (Å²) >= 11 is 1.72. The van der Waals surface area contributed by atoms with Crippen molar-refractivity contribution in [1.29, 1.82) is 0 Å². The first-order valence-electron chi connectivity index (χ1n) is 8.21. The predicted molar refractivity (Wildman–Crippen MR) is 94.5 cm³/mol. The molecule has 1 aromatic heterocycles. The van der Waals surface area contributed by atoms with E-state index in [1.807, 2.05) is 13.2 Å². The molecule has 6 heteroatoms. The van der Waals surface area contributed by atoms with Crippen molar-refractivity contribution in [3.63, 3.8) is 0 Å². The molecule has 2 unspecified atom stereocenters. The minimum absolute atomic E-state index is 0.524. The van der Waals surface area contributed by atoms with Gasteiger partial charge in [-0.05, 0) is 40.2 Å². The second-order valence-corrected chi connectivity index (χ2v) is 7.42. The van der Waals surface area contributed by atoms with Crippen LogP contribution in [0.25, 0.3) is 0 Å². The van der Waals surface area contributed by atoms with Gasteiger partial charge in [-0.25, -0.2) is 4.98 Å². The van der Waals surface area contributed by atoms with Crippen LogP contribution >= 0.6 is 11.3 Å². The number of thiazole rings is 1. The maximum absolute atomic E-state index is 4.37. The van der Waals surface area contributed by atoms with E-state index >= 15 is 0 Å². The van der Waals surface area contributed by atoms with Gasteiger partial charge in [-0.15, -0.1) is 11.3 Å². The van der Waals surface area contributed by atoms with Gasteiger partial charge in [0, 0.05) is 36.8 Å². The Balaban J connectivity index is 1.75. The number of aromatic nitrogens is 1. The van der Waals surface area contributed by atoms with E-state index in [1.165, 1.54) is 30.7 Å². The van der Waals surface area contributed by atoms with Gasteiger partial charge in [0.2, 0.25) is 0 Å². The zero-order valence-electron chi connectivity index (χ0n) is 14.2. The standard InChI is InChI=1S/C16H29N5S/c1-12-7-5-6-8-21(12)13(2)9-19-16(17-4)20-11-15-18-10-14(3)22-15/h10,12-13H,5-9,11H2,1-4H3,(H2,17,19,20). The van der Waals surface area contributed by atoms with Gasteiger partial charge in [0.1, 0.15) is 5.01 Å². The first-order chi connectivity index (χ1) is 10.6. The van der Waals surface area contributed by atoms with Gasteiger partial charge in [-0.3, -0.25) is 9.89 Å². The number of aliphatic imine (C=N–C) groups is 1. The smallest absolute Gasteiger partial charge is 0.191 e. The lowest BCUT2D eigenvalue weighted by Gasteiger charge is -2.38. The minimum Gasteiger partial charge on any atom is -0.355 e. The number of piperidine rings is 1. The van der Waals surface area contributed by atoms with Gasteiger partial charge in [0.25, 0.3) is 0 Å². The molecule has 1 aliphatic heterocycles. The Morgan fingerprint density at radius 1 is 1.50 bits per heavy atom. The van der Waals surface area contributed by atoms with E-state index in [0.717, 1.165) is 24.1 Å². The highest BCUT2D eigenvalue weighted by Crippen LogP contribution is 2.18. The van der Waals surface area contributed by atoms with E-state index in [9.17, 15) is 0 Å². The molecule has 2 N–H and O–H groups in total. The van der Waals surface area contributed by atoms with E-state index < -0.39 is 0 Å². The molecule has 2 atom stereocenters. The third-order valence-corrected chi connectivity index (χ3v) is 5.20. The SMILES string of the molecule is CN=C(NCc1ncc(C)s1)NCC(C)N1CCCCC1C. The molecule has 22 heavy (non-hydrogen) atoms. The van der Waals surface area contributed by atoms with Crippen LogP contribution in [0.1, 0.15) is 43.0 Å². The highest BCUT2D eigenvalue weighted by atomic mass is 32.1. The summed E-state index contributed by atoms with van der Waals surface area (Å²) in [7, 11) is 1.82. The molecule has 2 heterocycles. The molecule has 1 aliphatic rings. The Morgan fingerprint density at radius 2 is 2.32 bits per heavy atom. The molecule has 0 saturated carbocycles. The molecule has 1 aromatic rings. The van der Waals surface area contributed by atoms with Crippen molar-refractivity contribution < 1.29 is 0 Å². The summed E-state index contributed by atoms with van der Waals surface area (Å²) in [4.78, 5) is 12.5. The normalized spacial score (nSPS) is 21.6. The summed E-state index contributed by atoms with van der Waals surface area (Å²) in [6, 6.07) is 1.22. The molecule has 0 radical (unpaired) electrons. The number of nitrogens with zero attached hydrogens (tertiary/aromatic N) is 3. The maximum Gasteiger partial charge on any atom is 0.191 e. The number of hydrogen-bond donors (Lipinski definition) is 2. The summed E-state index contributed by atoms with van der Waals surface area (Å²) in [5, 5.41) is 7.87. The third-order valence-electron chi connectivity index (χ3n) is 4.29. The monoisotopic (exact) mass is 323 g/mol. The Hall–Kier alpha value is -1.14. The zero-order chi connectivity index (χ0) is 15.9. The minimum atomic E-state index is 0.524. The molecule has 1 fully saturated rings. The van der Waals surface area contributed by atoms with E-state index in [4.69, 9.17) is 0 Å². The average Bonchev–Trinajstić information content (AvgIpc) is 2.93. The van der Waals surface area contributed by atoms with Crippen LogP contribution in [0.5, 0.6) is 0 Å². The summed E-state index contributed by atoms with van der Waals surface area (Å²) in [5.41, 5.74) is 0. The molecule has 1 saturated heterocycles. The largest absolute Gasteiger partial charge is 0.355 e. The lowest BCUT2D eigenvalue weighted by molar-refractivity contribution is 0.115. The molecular weight excluding hydrogens is 294 g/mol. The molecule has 0 aliphatic carbocycles. The van der Waals surface area contributed by atoms with Crippen molar-refractivity contribution in [3.8, 4) is 0 Å². The number of rotatable bonds is 5. The number of nitrogens with one attached hydrogen (secondary N) is 2. The Labute approximate surface area is 138 Å². The fourth-order valence-corrected chi connectivity index (χ4v) is 3.73. The van der Waals surface area contributed by atoms with Gasteiger partial charge in [0.05, 0.1) is 6.54 Å². The van der Waals surface area contributed by atoms with Crippen LogP contribution in [0.15, 0.2) is 11.2 Å². The average molecular weight is 324 g/mol. The molecule has 5 nitrogen and oxygen atoms in total. The lowest BCUT2D eigenvalue weighted by Crippen LogP contribution is -2.50. The van der Waals surface area contributed by atoms with Gasteiger partial charge in [-0.1, -0.05) is 6.42 Å². The Bertz CT molecular complexity index is 485. The van der Waals surface area contributed by atoms with Gasteiger partial charge in [0.15, 0.2) is 5.96 Å². The van der Waals surface area contributed by atoms with E-state index in [1.54, 1.807) is 11.3 Å². The zero-order valence-corrected chi connectivity index (χ0v) is 15.0. The van der Waals surface area contributed by atoms with Crippen molar-refractivity contribution >= 4 is 17.3 Å².